The topological polar surface area (TPSA) is 65.0 Å². The van der Waals surface area contributed by atoms with E-state index in [2.05, 4.69) is 0 Å². The van der Waals surface area contributed by atoms with Crippen molar-refractivity contribution in [2.75, 3.05) is 13.9 Å². The number of ether oxygens (including phenoxy) is 3. The van der Waals surface area contributed by atoms with Crippen LogP contribution >= 0.6 is 0 Å². The Bertz CT molecular complexity index is 521. The van der Waals surface area contributed by atoms with E-state index in [0.29, 0.717) is 11.3 Å². The van der Waals surface area contributed by atoms with E-state index in [0.717, 1.165) is 0 Å². The standard InChI is InChI=1S/C13H15FO5/c1-13(2,5-9(15)16)10-11(17-3)7(14)4-8-12(10)19-6-18-8/h4H,5-6H2,1-3H3,(H,15,16). The van der Waals surface area contributed by atoms with Crippen LogP contribution in [0.15, 0.2) is 6.07 Å². The molecule has 0 saturated carbocycles. The summed E-state index contributed by atoms with van der Waals surface area (Å²) in [5, 5.41) is 8.99. The molecule has 0 atom stereocenters. The van der Waals surface area contributed by atoms with Crippen molar-refractivity contribution in [2.45, 2.75) is 25.7 Å². The van der Waals surface area contributed by atoms with Gasteiger partial charge in [-0.15, -0.1) is 0 Å². The maximum absolute atomic E-state index is 14.0. The molecule has 1 heterocycles. The molecule has 0 spiro atoms. The van der Waals surface area contributed by atoms with Crippen LogP contribution in [-0.2, 0) is 10.2 Å². The lowest BCUT2D eigenvalue weighted by molar-refractivity contribution is -0.138. The molecular formula is C13H15FO5. The number of rotatable bonds is 4. The van der Waals surface area contributed by atoms with Crippen LogP contribution in [0.1, 0.15) is 25.8 Å². The molecule has 1 aromatic rings. The molecule has 0 aromatic heterocycles. The Morgan fingerprint density at radius 3 is 2.79 bits per heavy atom. The summed E-state index contributed by atoms with van der Waals surface area (Å²) in [5.41, 5.74) is -0.471. The smallest absolute Gasteiger partial charge is 0.304 e. The van der Waals surface area contributed by atoms with Crippen LogP contribution in [-0.4, -0.2) is 25.0 Å². The van der Waals surface area contributed by atoms with Gasteiger partial charge in [-0.3, -0.25) is 4.79 Å². The predicted octanol–water partition coefficient (Wildman–Crippen LogP) is 2.32. The monoisotopic (exact) mass is 270 g/mol. The highest BCUT2D eigenvalue weighted by Gasteiger charge is 2.36. The number of carbonyl (C=O) groups is 1. The molecular weight excluding hydrogens is 255 g/mol. The van der Waals surface area contributed by atoms with Gasteiger partial charge in [0.2, 0.25) is 6.79 Å². The zero-order valence-electron chi connectivity index (χ0n) is 10.9. The van der Waals surface area contributed by atoms with E-state index in [1.807, 2.05) is 0 Å². The first-order valence-corrected chi connectivity index (χ1v) is 5.75. The van der Waals surface area contributed by atoms with Gasteiger partial charge >= 0.3 is 5.97 Å². The summed E-state index contributed by atoms with van der Waals surface area (Å²) >= 11 is 0. The second-order valence-electron chi connectivity index (χ2n) is 4.95. The zero-order valence-corrected chi connectivity index (χ0v) is 10.9. The molecule has 0 radical (unpaired) electrons. The van der Waals surface area contributed by atoms with E-state index in [9.17, 15) is 9.18 Å². The number of carboxylic acids is 1. The third-order valence-electron chi connectivity index (χ3n) is 3.04. The van der Waals surface area contributed by atoms with Crippen molar-refractivity contribution in [1.82, 2.24) is 0 Å². The third kappa shape index (κ3) is 2.30. The Hall–Kier alpha value is -1.98. The second-order valence-corrected chi connectivity index (χ2v) is 4.95. The first kappa shape index (κ1) is 13.5. The van der Waals surface area contributed by atoms with Gasteiger partial charge in [-0.2, -0.15) is 0 Å². The maximum Gasteiger partial charge on any atom is 0.304 e. The molecule has 1 aromatic carbocycles. The van der Waals surface area contributed by atoms with Crippen molar-refractivity contribution in [3.05, 3.63) is 17.4 Å². The van der Waals surface area contributed by atoms with Crippen LogP contribution in [0.25, 0.3) is 0 Å². The van der Waals surface area contributed by atoms with Crippen LogP contribution in [0.5, 0.6) is 17.2 Å². The quantitative estimate of drug-likeness (QED) is 0.909. The highest BCUT2D eigenvalue weighted by atomic mass is 19.1. The molecule has 5 nitrogen and oxygen atoms in total. The van der Waals surface area contributed by atoms with Crippen LogP contribution in [0.2, 0.25) is 0 Å². The number of aliphatic carboxylic acids is 1. The van der Waals surface area contributed by atoms with Gasteiger partial charge in [-0.05, 0) is 0 Å². The highest BCUT2D eigenvalue weighted by Crippen LogP contribution is 2.49. The van der Waals surface area contributed by atoms with Crippen molar-refractivity contribution in [3.8, 4) is 17.2 Å². The average Bonchev–Trinajstić information content (AvgIpc) is 2.72. The fourth-order valence-corrected chi connectivity index (χ4v) is 2.28. The van der Waals surface area contributed by atoms with Crippen LogP contribution in [0.4, 0.5) is 4.39 Å². The van der Waals surface area contributed by atoms with E-state index >= 15 is 0 Å². The maximum atomic E-state index is 14.0. The predicted molar refractivity (Wildman–Crippen MR) is 64.4 cm³/mol. The lowest BCUT2D eigenvalue weighted by atomic mass is 9.80. The number of methoxy groups -OCH3 is 1. The Morgan fingerprint density at radius 1 is 1.53 bits per heavy atom. The zero-order chi connectivity index (χ0) is 14.2. The third-order valence-corrected chi connectivity index (χ3v) is 3.04. The van der Waals surface area contributed by atoms with Crippen molar-refractivity contribution < 1.29 is 28.5 Å². The normalized spacial score (nSPS) is 13.5. The molecule has 6 heteroatoms. The lowest BCUT2D eigenvalue weighted by Gasteiger charge is -2.26. The molecule has 1 aliphatic heterocycles. The molecule has 104 valence electrons. The fourth-order valence-electron chi connectivity index (χ4n) is 2.28. The Balaban J connectivity index is 2.63. The van der Waals surface area contributed by atoms with Gasteiger partial charge < -0.3 is 19.3 Å². The molecule has 0 fully saturated rings. The molecule has 0 aliphatic carbocycles. The van der Waals surface area contributed by atoms with Gasteiger partial charge in [0.1, 0.15) is 0 Å². The highest BCUT2D eigenvalue weighted by molar-refractivity contribution is 5.71. The number of fused-ring (bicyclic) bond motifs is 1. The summed E-state index contributed by atoms with van der Waals surface area (Å²) in [5.74, 6) is -0.962. The summed E-state index contributed by atoms with van der Waals surface area (Å²) in [6.07, 6.45) is -0.178. The Labute approximate surface area is 109 Å². The Morgan fingerprint density at radius 2 is 2.21 bits per heavy atom. The van der Waals surface area contributed by atoms with Gasteiger partial charge in [0.25, 0.3) is 0 Å². The molecule has 1 aliphatic rings. The summed E-state index contributed by atoms with van der Waals surface area (Å²) in [4.78, 5) is 11.0. The van der Waals surface area contributed by atoms with Gasteiger partial charge in [-0.25, -0.2) is 4.39 Å². The van der Waals surface area contributed by atoms with E-state index < -0.39 is 17.2 Å². The second kappa shape index (κ2) is 4.60. The van der Waals surface area contributed by atoms with Gasteiger partial charge in [-0.1, -0.05) is 13.8 Å². The van der Waals surface area contributed by atoms with E-state index in [1.165, 1.54) is 13.2 Å². The number of benzene rings is 1. The summed E-state index contributed by atoms with van der Waals surface area (Å²) in [7, 11) is 1.33. The number of hydrogen-bond donors (Lipinski definition) is 1. The van der Waals surface area contributed by atoms with Gasteiger partial charge in [0.15, 0.2) is 23.1 Å². The van der Waals surface area contributed by atoms with Crippen LogP contribution < -0.4 is 14.2 Å². The van der Waals surface area contributed by atoms with E-state index in [4.69, 9.17) is 19.3 Å². The molecule has 0 unspecified atom stereocenters. The molecule has 19 heavy (non-hydrogen) atoms. The molecule has 0 saturated heterocycles. The van der Waals surface area contributed by atoms with Gasteiger partial charge in [0, 0.05) is 17.0 Å². The molecule has 0 amide bonds. The molecule has 2 rings (SSSR count). The minimum Gasteiger partial charge on any atom is -0.493 e. The van der Waals surface area contributed by atoms with Crippen LogP contribution in [0.3, 0.4) is 0 Å². The van der Waals surface area contributed by atoms with E-state index in [-0.39, 0.29) is 24.7 Å². The largest absolute Gasteiger partial charge is 0.493 e. The van der Waals surface area contributed by atoms with E-state index in [1.54, 1.807) is 13.8 Å². The fraction of sp³-hybridized carbons (Fsp3) is 0.462. The minimum atomic E-state index is -0.982. The van der Waals surface area contributed by atoms with Crippen molar-refractivity contribution >= 4 is 5.97 Å². The summed E-state index contributed by atoms with van der Waals surface area (Å²) in [6.45, 7) is 3.37. The van der Waals surface area contributed by atoms with Crippen molar-refractivity contribution in [3.63, 3.8) is 0 Å². The average molecular weight is 270 g/mol. The first-order chi connectivity index (χ1) is 8.86. The molecule has 1 N–H and O–H groups in total. The summed E-state index contributed by atoms with van der Waals surface area (Å²) in [6, 6.07) is 1.18. The first-order valence-electron chi connectivity index (χ1n) is 5.75. The molecule has 0 bridgehead atoms. The van der Waals surface area contributed by atoms with Crippen LogP contribution in [0, 0.1) is 5.82 Å². The lowest BCUT2D eigenvalue weighted by Crippen LogP contribution is -2.23. The number of halogens is 1. The van der Waals surface area contributed by atoms with Gasteiger partial charge in [0.05, 0.1) is 13.5 Å². The Kier molecular flexibility index (Phi) is 3.26. The summed E-state index contributed by atoms with van der Waals surface area (Å²) < 4.78 is 29.5. The van der Waals surface area contributed by atoms with Crippen molar-refractivity contribution in [1.29, 1.82) is 0 Å². The minimum absolute atomic E-state index is 0.00417. The number of hydrogen-bond acceptors (Lipinski definition) is 4. The van der Waals surface area contributed by atoms with Crippen molar-refractivity contribution in [2.24, 2.45) is 0 Å². The SMILES string of the molecule is COc1c(F)cc2c(c1C(C)(C)CC(=O)O)OCO2. The number of carboxylic acid groups (broad SMARTS) is 1.